The summed E-state index contributed by atoms with van der Waals surface area (Å²) in [5, 5.41) is 9.03. The Morgan fingerprint density at radius 3 is 2.63 bits per heavy atom. The van der Waals surface area contributed by atoms with E-state index in [2.05, 4.69) is 42.2 Å². The van der Waals surface area contributed by atoms with Crippen molar-refractivity contribution >= 4 is 17.5 Å². The van der Waals surface area contributed by atoms with Crippen LogP contribution in [0.5, 0.6) is 5.75 Å². The van der Waals surface area contributed by atoms with Crippen LogP contribution >= 0.6 is 0 Å². The Hall–Kier alpha value is -4.31. The Morgan fingerprint density at radius 1 is 1.18 bits per heavy atom. The van der Waals surface area contributed by atoms with Gasteiger partial charge in [0.1, 0.15) is 23.0 Å². The van der Waals surface area contributed by atoms with Crippen molar-refractivity contribution in [1.29, 1.82) is 0 Å². The molecule has 1 aromatic carbocycles. The number of ether oxygens (including phenoxy) is 1. The van der Waals surface area contributed by atoms with Crippen LogP contribution in [0.4, 0.5) is 18.9 Å². The molecule has 0 atom stereocenters. The zero-order chi connectivity index (χ0) is 27.1. The number of aromatic amines is 2. The molecule has 0 spiro atoms. The fraction of sp³-hybridized carbons (Fsp3) is 0.360. The Bertz CT molecular complexity index is 1320. The molecule has 3 N–H and O–H groups in total. The number of aromatic nitrogens is 4. The number of piperazine rings is 1. The summed E-state index contributed by atoms with van der Waals surface area (Å²) in [6.45, 7) is 5.63. The molecule has 3 heterocycles. The zero-order valence-electron chi connectivity index (χ0n) is 20.6. The summed E-state index contributed by atoms with van der Waals surface area (Å²) in [6, 6.07) is 6.20. The normalized spacial score (nSPS) is 14.1. The maximum atomic E-state index is 13.0. The van der Waals surface area contributed by atoms with E-state index in [0.717, 1.165) is 19.6 Å². The van der Waals surface area contributed by atoms with E-state index in [0.29, 0.717) is 49.3 Å². The summed E-state index contributed by atoms with van der Waals surface area (Å²) in [7, 11) is 0. The number of halogens is 3. The van der Waals surface area contributed by atoms with Crippen LogP contribution in [0.1, 0.15) is 24.7 Å². The molecular weight excluding hydrogens is 503 g/mol. The average molecular weight is 530 g/mol. The summed E-state index contributed by atoms with van der Waals surface area (Å²) < 4.78 is 44.9. The minimum atomic E-state index is -4.56. The first-order chi connectivity index (χ1) is 18.2. The number of hydrogen-bond acceptors (Lipinski definition) is 6. The minimum absolute atomic E-state index is 0.00683. The highest BCUT2D eigenvalue weighted by atomic mass is 19.4. The smallest absolute Gasteiger partial charge is 0.432 e. The number of H-pyrrole nitrogens is 2. The third-order valence-corrected chi connectivity index (χ3v) is 5.89. The molecule has 0 radical (unpaired) electrons. The minimum Gasteiger partial charge on any atom is -0.491 e. The first kappa shape index (κ1) is 26.7. The molecule has 2 aromatic heterocycles. The third-order valence-electron chi connectivity index (χ3n) is 5.89. The third kappa shape index (κ3) is 7.13. The molecule has 1 saturated heterocycles. The second-order valence-corrected chi connectivity index (χ2v) is 8.58. The lowest BCUT2D eigenvalue weighted by Crippen LogP contribution is -2.48. The standard InChI is InChI=1S/C25H26F3N7O3/c1-17(36)35-12-10-34(11-13-35)9-2-14-38-21-5-3-18(24-29-16-22(32-24)25(26,27)28)15-20(21)31-23(37)6-4-19-7-8-30-33-19/h3,5,7-8,15-16H,2,9-14H2,1H3,(H,29,32)(H,30,33)(H,31,37). The maximum Gasteiger partial charge on any atom is 0.432 e. The van der Waals surface area contributed by atoms with Crippen molar-refractivity contribution in [2.45, 2.75) is 19.5 Å². The van der Waals surface area contributed by atoms with Crippen LogP contribution in [-0.4, -0.2) is 81.1 Å². The van der Waals surface area contributed by atoms with Gasteiger partial charge in [-0.2, -0.15) is 18.3 Å². The number of amides is 2. The van der Waals surface area contributed by atoms with E-state index in [1.807, 2.05) is 4.90 Å². The summed E-state index contributed by atoms with van der Waals surface area (Å²) in [4.78, 5) is 34.1. The van der Waals surface area contributed by atoms with E-state index < -0.39 is 17.8 Å². The predicted molar refractivity (Wildman–Crippen MR) is 132 cm³/mol. The Balaban J connectivity index is 1.43. The predicted octanol–water partition coefficient (Wildman–Crippen LogP) is 2.74. The number of imidazole rings is 1. The average Bonchev–Trinajstić information content (AvgIpc) is 3.59. The molecule has 0 aliphatic carbocycles. The van der Waals surface area contributed by atoms with Crippen molar-refractivity contribution in [3.05, 3.63) is 48.0 Å². The van der Waals surface area contributed by atoms with E-state index in [-0.39, 0.29) is 17.4 Å². The van der Waals surface area contributed by atoms with E-state index in [1.54, 1.807) is 25.1 Å². The molecule has 2 amide bonds. The maximum absolute atomic E-state index is 13.0. The van der Waals surface area contributed by atoms with Gasteiger partial charge in [0.15, 0.2) is 0 Å². The van der Waals surface area contributed by atoms with Gasteiger partial charge in [0.2, 0.25) is 5.91 Å². The fourth-order valence-corrected chi connectivity index (χ4v) is 3.87. The Labute approximate surface area is 216 Å². The van der Waals surface area contributed by atoms with Crippen molar-refractivity contribution in [2.24, 2.45) is 0 Å². The van der Waals surface area contributed by atoms with E-state index >= 15 is 0 Å². The molecule has 1 fully saturated rings. The fourth-order valence-electron chi connectivity index (χ4n) is 3.87. The van der Waals surface area contributed by atoms with Crippen LogP contribution in [0.3, 0.4) is 0 Å². The summed E-state index contributed by atoms with van der Waals surface area (Å²) in [5.74, 6) is 4.84. The van der Waals surface area contributed by atoms with Gasteiger partial charge in [-0.05, 0) is 36.6 Å². The van der Waals surface area contributed by atoms with Crippen LogP contribution in [0.25, 0.3) is 11.4 Å². The first-order valence-electron chi connectivity index (χ1n) is 11.9. The van der Waals surface area contributed by atoms with Gasteiger partial charge in [0.25, 0.3) is 0 Å². The topological polar surface area (TPSA) is 119 Å². The van der Waals surface area contributed by atoms with Gasteiger partial charge >= 0.3 is 12.1 Å². The largest absolute Gasteiger partial charge is 0.491 e. The second-order valence-electron chi connectivity index (χ2n) is 8.58. The highest BCUT2D eigenvalue weighted by Gasteiger charge is 2.33. The number of nitrogens with zero attached hydrogens (tertiary/aromatic N) is 4. The van der Waals surface area contributed by atoms with Crippen LogP contribution < -0.4 is 10.1 Å². The quantitative estimate of drug-likeness (QED) is 0.320. The van der Waals surface area contributed by atoms with Gasteiger partial charge in [-0.1, -0.05) is 0 Å². The molecule has 10 nitrogen and oxygen atoms in total. The van der Waals surface area contributed by atoms with Crippen molar-refractivity contribution in [2.75, 3.05) is 44.6 Å². The molecule has 1 aliphatic rings. The molecule has 38 heavy (non-hydrogen) atoms. The molecule has 200 valence electrons. The number of nitrogens with one attached hydrogen (secondary N) is 3. The Kier molecular flexibility index (Phi) is 8.32. The molecule has 13 heteroatoms. The number of hydrogen-bond donors (Lipinski definition) is 3. The van der Waals surface area contributed by atoms with Crippen molar-refractivity contribution in [3.8, 4) is 29.0 Å². The number of rotatable bonds is 7. The lowest BCUT2D eigenvalue weighted by Gasteiger charge is -2.34. The van der Waals surface area contributed by atoms with Crippen molar-refractivity contribution < 1.29 is 27.5 Å². The molecule has 4 rings (SSSR count). The number of anilines is 1. The van der Waals surface area contributed by atoms with E-state index in [9.17, 15) is 22.8 Å². The summed E-state index contributed by atoms with van der Waals surface area (Å²) >= 11 is 0. The molecule has 0 saturated carbocycles. The van der Waals surface area contributed by atoms with Gasteiger partial charge in [-0.3, -0.25) is 19.6 Å². The number of carbonyl (C=O) groups is 2. The highest BCUT2D eigenvalue weighted by Crippen LogP contribution is 2.33. The molecule has 3 aromatic rings. The second kappa shape index (κ2) is 11.8. The van der Waals surface area contributed by atoms with Crippen LogP contribution in [-0.2, 0) is 15.8 Å². The zero-order valence-corrected chi connectivity index (χ0v) is 20.6. The van der Waals surface area contributed by atoms with Crippen molar-refractivity contribution in [1.82, 2.24) is 30.0 Å². The van der Waals surface area contributed by atoms with E-state index in [4.69, 9.17) is 4.74 Å². The van der Waals surface area contributed by atoms with Crippen LogP contribution in [0, 0.1) is 11.8 Å². The molecule has 0 unspecified atom stereocenters. The monoisotopic (exact) mass is 529 g/mol. The number of carbonyl (C=O) groups excluding carboxylic acids is 2. The van der Waals surface area contributed by atoms with Crippen molar-refractivity contribution in [3.63, 3.8) is 0 Å². The molecule has 0 bridgehead atoms. The first-order valence-corrected chi connectivity index (χ1v) is 11.9. The van der Waals surface area contributed by atoms with Crippen LogP contribution in [0.2, 0.25) is 0 Å². The van der Waals surface area contributed by atoms with Crippen LogP contribution in [0.15, 0.2) is 36.7 Å². The lowest BCUT2D eigenvalue weighted by molar-refractivity contribution is -0.140. The lowest BCUT2D eigenvalue weighted by atomic mass is 10.1. The van der Waals surface area contributed by atoms with Gasteiger partial charge in [0, 0.05) is 57.3 Å². The molecular formula is C25H26F3N7O3. The summed E-state index contributed by atoms with van der Waals surface area (Å²) in [6.07, 6.45) is -1.66. The van der Waals surface area contributed by atoms with Gasteiger partial charge < -0.3 is 19.9 Å². The molecule has 1 aliphatic heterocycles. The number of benzene rings is 1. The van der Waals surface area contributed by atoms with Gasteiger partial charge in [-0.25, -0.2) is 4.98 Å². The van der Waals surface area contributed by atoms with Gasteiger partial charge in [0.05, 0.1) is 18.5 Å². The Morgan fingerprint density at radius 2 is 1.97 bits per heavy atom. The summed E-state index contributed by atoms with van der Waals surface area (Å²) in [5.41, 5.74) is 0.0391. The SMILES string of the molecule is CC(=O)N1CCN(CCCOc2ccc(-c3ncc(C(F)(F)F)[nH]3)cc2NC(=O)C#Cc2ccn[nH]2)CC1. The van der Waals surface area contributed by atoms with E-state index in [1.165, 1.54) is 12.3 Å². The van der Waals surface area contributed by atoms with Gasteiger partial charge in [-0.15, -0.1) is 0 Å². The highest BCUT2D eigenvalue weighted by molar-refractivity contribution is 6.05. The number of alkyl halides is 3.